The molecule has 0 spiro atoms. The zero-order valence-corrected chi connectivity index (χ0v) is 14.2. The normalized spacial score (nSPS) is 11.5. The Kier molecular flexibility index (Phi) is 6.38. The summed E-state index contributed by atoms with van der Waals surface area (Å²) < 4.78 is 4.94. The third-order valence-corrected chi connectivity index (χ3v) is 3.96. The average molecular weight is 321 g/mol. The number of amides is 1. The third-order valence-electron chi connectivity index (χ3n) is 2.87. The number of esters is 1. The van der Waals surface area contributed by atoms with E-state index in [1.54, 1.807) is 34.9 Å². The Bertz CT molecular complexity index is 623. The molecule has 0 radical (unpaired) electrons. The summed E-state index contributed by atoms with van der Waals surface area (Å²) in [5.74, 6) is -0.569. The van der Waals surface area contributed by atoms with E-state index in [0.29, 0.717) is 10.7 Å². The van der Waals surface area contributed by atoms with Gasteiger partial charge in [0, 0.05) is 14.1 Å². The summed E-state index contributed by atoms with van der Waals surface area (Å²) in [5, 5.41) is 9.32. The monoisotopic (exact) mass is 321 g/mol. The predicted octanol–water partition coefficient (Wildman–Crippen LogP) is 2.01. The van der Waals surface area contributed by atoms with Gasteiger partial charge in [-0.3, -0.25) is 4.79 Å². The lowest BCUT2D eigenvalue weighted by atomic mass is 10.1. The molecule has 0 fully saturated rings. The molecule has 1 rings (SSSR count). The summed E-state index contributed by atoms with van der Waals surface area (Å²) in [7, 11) is 3.35. The van der Waals surface area contributed by atoms with Crippen LogP contribution in [0.15, 0.2) is 11.1 Å². The van der Waals surface area contributed by atoms with Crippen molar-refractivity contribution in [2.24, 2.45) is 0 Å². The summed E-state index contributed by atoms with van der Waals surface area (Å²) in [6.07, 6.45) is 0. The largest absolute Gasteiger partial charge is 0.462 e. The molecule has 0 bridgehead atoms. The van der Waals surface area contributed by atoms with Crippen LogP contribution < -0.4 is 0 Å². The van der Waals surface area contributed by atoms with Crippen molar-refractivity contribution in [3.05, 3.63) is 22.9 Å². The number of nitrogens with zero attached hydrogens (tertiary/aromatic N) is 3. The fourth-order valence-electron chi connectivity index (χ4n) is 1.75. The molecule has 7 heteroatoms. The van der Waals surface area contributed by atoms with Gasteiger partial charge in [-0.15, -0.1) is 0 Å². The Hall–Kier alpha value is -2.07. The van der Waals surface area contributed by atoms with Crippen molar-refractivity contribution in [3.63, 3.8) is 0 Å². The molecule has 1 aromatic heterocycles. The lowest BCUT2D eigenvalue weighted by Crippen LogP contribution is -2.29. The lowest BCUT2D eigenvalue weighted by molar-refractivity contribution is -0.127. The number of hydrogen-bond acceptors (Lipinski definition) is 6. The molecule has 0 saturated carbocycles. The van der Waals surface area contributed by atoms with E-state index >= 15 is 0 Å². The van der Waals surface area contributed by atoms with Crippen molar-refractivity contribution in [3.8, 4) is 6.07 Å². The van der Waals surface area contributed by atoms with E-state index in [1.165, 1.54) is 22.7 Å². The van der Waals surface area contributed by atoms with Gasteiger partial charge in [-0.2, -0.15) is 5.26 Å². The molecule has 0 aromatic carbocycles. The first kappa shape index (κ1) is 18.0. The standard InChI is InChI=1S/C15H19N3O3S/c1-6-21-15(20)12-7-11(8-16)13(17-9(12)2)22-10(3)14(19)18(4)5/h7,10H,6H2,1-5H3/t10-/m1/s1. The van der Waals surface area contributed by atoms with Gasteiger partial charge in [0.1, 0.15) is 11.1 Å². The van der Waals surface area contributed by atoms with E-state index in [4.69, 9.17) is 4.74 Å². The minimum atomic E-state index is -0.502. The first-order valence-electron chi connectivity index (χ1n) is 6.78. The summed E-state index contributed by atoms with van der Waals surface area (Å²) in [5.41, 5.74) is 1.01. The molecule has 0 aliphatic carbocycles. The Morgan fingerprint density at radius 3 is 2.64 bits per heavy atom. The smallest absolute Gasteiger partial charge is 0.340 e. The highest BCUT2D eigenvalue weighted by Crippen LogP contribution is 2.27. The maximum atomic E-state index is 11.9. The zero-order chi connectivity index (χ0) is 16.9. The second-order valence-corrected chi connectivity index (χ2v) is 6.13. The number of aryl methyl sites for hydroxylation is 1. The van der Waals surface area contributed by atoms with Crippen LogP contribution >= 0.6 is 11.8 Å². The highest BCUT2D eigenvalue weighted by atomic mass is 32.2. The second kappa shape index (κ2) is 7.80. The Morgan fingerprint density at radius 1 is 1.50 bits per heavy atom. The van der Waals surface area contributed by atoms with E-state index in [9.17, 15) is 14.9 Å². The highest BCUT2D eigenvalue weighted by Gasteiger charge is 2.21. The van der Waals surface area contributed by atoms with Crippen LogP contribution in [0.2, 0.25) is 0 Å². The molecule has 0 saturated heterocycles. The summed E-state index contributed by atoms with van der Waals surface area (Å²) >= 11 is 1.20. The van der Waals surface area contributed by atoms with Crippen LogP contribution in [0.25, 0.3) is 0 Å². The molecular weight excluding hydrogens is 302 g/mol. The average Bonchev–Trinajstić information content (AvgIpc) is 2.46. The van der Waals surface area contributed by atoms with Gasteiger partial charge in [-0.05, 0) is 26.8 Å². The molecule has 0 aliphatic heterocycles. The number of hydrogen-bond donors (Lipinski definition) is 0. The first-order valence-corrected chi connectivity index (χ1v) is 7.66. The number of carbonyl (C=O) groups is 2. The van der Waals surface area contributed by atoms with Gasteiger partial charge in [-0.25, -0.2) is 9.78 Å². The molecule has 6 nitrogen and oxygen atoms in total. The Balaban J connectivity index is 3.13. The highest BCUT2D eigenvalue weighted by molar-refractivity contribution is 8.00. The van der Waals surface area contributed by atoms with Gasteiger partial charge in [0.25, 0.3) is 0 Å². The lowest BCUT2D eigenvalue weighted by Gasteiger charge is -2.17. The van der Waals surface area contributed by atoms with Crippen LogP contribution in [0.4, 0.5) is 0 Å². The SMILES string of the molecule is CCOC(=O)c1cc(C#N)c(S[C@H](C)C(=O)N(C)C)nc1C. The first-order chi connectivity index (χ1) is 10.3. The fourth-order valence-corrected chi connectivity index (χ4v) is 2.82. The minimum Gasteiger partial charge on any atom is -0.462 e. The molecule has 0 N–H and O–H groups in total. The molecule has 1 aromatic rings. The zero-order valence-electron chi connectivity index (χ0n) is 13.3. The van der Waals surface area contributed by atoms with Crippen molar-refractivity contribution in [2.45, 2.75) is 31.0 Å². The molecule has 1 amide bonds. The molecular formula is C15H19N3O3S. The van der Waals surface area contributed by atoms with E-state index in [1.807, 2.05) is 6.07 Å². The van der Waals surface area contributed by atoms with Crippen LogP contribution in [0.3, 0.4) is 0 Å². The van der Waals surface area contributed by atoms with Crippen molar-refractivity contribution < 1.29 is 14.3 Å². The maximum absolute atomic E-state index is 11.9. The molecule has 118 valence electrons. The number of thioether (sulfide) groups is 1. The van der Waals surface area contributed by atoms with Crippen molar-refractivity contribution >= 4 is 23.6 Å². The third kappa shape index (κ3) is 4.21. The maximum Gasteiger partial charge on any atom is 0.340 e. The quantitative estimate of drug-likeness (QED) is 0.609. The number of pyridine rings is 1. The minimum absolute atomic E-state index is 0.0668. The molecule has 1 heterocycles. The number of ether oxygens (including phenoxy) is 1. The Morgan fingerprint density at radius 2 is 2.14 bits per heavy atom. The topological polar surface area (TPSA) is 83.3 Å². The van der Waals surface area contributed by atoms with Gasteiger partial charge in [0.2, 0.25) is 5.91 Å². The van der Waals surface area contributed by atoms with Crippen LogP contribution in [0, 0.1) is 18.3 Å². The fraction of sp³-hybridized carbons (Fsp3) is 0.467. The molecule has 0 aliphatic rings. The Labute approximate surface area is 134 Å². The number of aromatic nitrogens is 1. The number of rotatable bonds is 5. The van der Waals surface area contributed by atoms with E-state index in [-0.39, 0.29) is 28.9 Å². The van der Waals surface area contributed by atoms with Gasteiger partial charge < -0.3 is 9.64 Å². The van der Waals surface area contributed by atoms with Crippen LogP contribution in [0.5, 0.6) is 0 Å². The molecule has 0 unspecified atom stereocenters. The van der Waals surface area contributed by atoms with E-state index in [0.717, 1.165) is 0 Å². The molecule has 22 heavy (non-hydrogen) atoms. The van der Waals surface area contributed by atoms with Gasteiger partial charge in [0.05, 0.1) is 28.7 Å². The van der Waals surface area contributed by atoms with Gasteiger partial charge in [0.15, 0.2) is 0 Å². The van der Waals surface area contributed by atoms with Crippen LogP contribution in [0.1, 0.15) is 35.5 Å². The van der Waals surface area contributed by atoms with Crippen molar-refractivity contribution in [1.82, 2.24) is 9.88 Å². The number of carbonyl (C=O) groups excluding carboxylic acids is 2. The summed E-state index contributed by atoms with van der Waals surface area (Å²) in [6.45, 7) is 5.40. The van der Waals surface area contributed by atoms with E-state index in [2.05, 4.69) is 4.98 Å². The number of nitriles is 1. The van der Waals surface area contributed by atoms with Crippen LogP contribution in [-0.2, 0) is 9.53 Å². The summed E-state index contributed by atoms with van der Waals surface area (Å²) in [6, 6.07) is 3.49. The van der Waals surface area contributed by atoms with Crippen molar-refractivity contribution in [1.29, 1.82) is 5.26 Å². The van der Waals surface area contributed by atoms with Crippen molar-refractivity contribution in [2.75, 3.05) is 20.7 Å². The van der Waals surface area contributed by atoms with Gasteiger partial charge >= 0.3 is 5.97 Å². The summed E-state index contributed by atoms with van der Waals surface area (Å²) in [4.78, 5) is 29.5. The van der Waals surface area contributed by atoms with Gasteiger partial charge in [-0.1, -0.05) is 11.8 Å². The second-order valence-electron chi connectivity index (χ2n) is 4.80. The van der Waals surface area contributed by atoms with E-state index < -0.39 is 5.97 Å². The molecule has 1 atom stereocenters. The van der Waals surface area contributed by atoms with Crippen LogP contribution in [-0.4, -0.2) is 47.7 Å². The predicted molar refractivity (Wildman–Crippen MR) is 83.7 cm³/mol.